The molecule has 9 nitrogen and oxygen atoms in total. The third kappa shape index (κ3) is 3.91. The number of aromatic nitrogens is 4. The van der Waals surface area contributed by atoms with Crippen LogP contribution in [-0.2, 0) is 4.74 Å². The molecule has 168 valence electrons. The highest BCUT2D eigenvalue weighted by molar-refractivity contribution is 5.99. The first-order valence-corrected chi connectivity index (χ1v) is 10.7. The smallest absolute Gasteiger partial charge is 0.290 e. The molecule has 4 heterocycles. The molecule has 33 heavy (non-hydrogen) atoms. The number of furan rings is 1. The van der Waals surface area contributed by atoms with E-state index in [2.05, 4.69) is 15.0 Å². The number of anilines is 1. The van der Waals surface area contributed by atoms with Gasteiger partial charge in [0.1, 0.15) is 18.0 Å². The molecule has 1 aromatic carbocycles. The lowest BCUT2D eigenvalue weighted by Gasteiger charge is -2.33. The van der Waals surface area contributed by atoms with E-state index in [4.69, 9.17) is 14.1 Å². The van der Waals surface area contributed by atoms with Gasteiger partial charge in [-0.3, -0.25) is 4.79 Å². The third-order valence-corrected chi connectivity index (χ3v) is 5.77. The zero-order chi connectivity index (χ0) is 22.9. The van der Waals surface area contributed by atoms with Gasteiger partial charge in [0.05, 0.1) is 18.8 Å². The molecule has 0 N–H and O–H groups in total. The fourth-order valence-electron chi connectivity index (χ4n) is 4.03. The maximum atomic E-state index is 13.4. The van der Waals surface area contributed by atoms with Crippen molar-refractivity contribution in [3.63, 3.8) is 0 Å². The number of para-hydroxylation sites is 1. The molecule has 0 unspecified atom stereocenters. The summed E-state index contributed by atoms with van der Waals surface area (Å²) < 4.78 is 12.0. The van der Waals surface area contributed by atoms with E-state index in [1.165, 1.54) is 6.33 Å². The quantitative estimate of drug-likeness (QED) is 0.473. The van der Waals surface area contributed by atoms with Crippen molar-refractivity contribution in [2.75, 3.05) is 38.7 Å². The summed E-state index contributed by atoms with van der Waals surface area (Å²) in [5.74, 6) is 0.777. The molecule has 1 atom stereocenters. The van der Waals surface area contributed by atoms with Crippen molar-refractivity contribution in [3.8, 4) is 11.1 Å². The largest absolute Gasteiger partial charge is 0.451 e. The summed E-state index contributed by atoms with van der Waals surface area (Å²) in [6.45, 7) is 3.13. The van der Waals surface area contributed by atoms with Gasteiger partial charge in [0, 0.05) is 61.3 Å². The Bertz CT molecular complexity index is 1300. The van der Waals surface area contributed by atoms with Gasteiger partial charge in [0.25, 0.3) is 5.91 Å². The highest BCUT2D eigenvalue weighted by Gasteiger charge is 2.32. The molecule has 3 aromatic heterocycles. The fraction of sp³-hybridized carbons (Fsp3) is 0.292. The first kappa shape index (κ1) is 21.0. The van der Waals surface area contributed by atoms with Crippen molar-refractivity contribution in [3.05, 3.63) is 66.2 Å². The Morgan fingerprint density at radius 3 is 2.70 bits per heavy atom. The van der Waals surface area contributed by atoms with Crippen molar-refractivity contribution in [1.82, 2.24) is 24.8 Å². The van der Waals surface area contributed by atoms with E-state index in [-0.39, 0.29) is 5.91 Å². The number of hydrogen-bond acceptors (Lipinski definition) is 8. The predicted octanol–water partition coefficient (Wildman–Crippen LogP) is 3.27. The van der Waals surface area contributed by atoms with E-state index in [9.17, 15) is 4.79 Å². The van der Waals surface area contributed by atoms with Crippen LogP contribution in [0.4, 0.5) is 5.95 Å². The van der Waals surface area contributed by atoms with Crippen molar-refractivity contribution in [1.29, 1.82) is 0 Å². The fourth-order valence-corrected chi connectivity index (χ4v) is 4.03. The minimum atomic E-state index is -0.427. The lowest BCUT2D eigenvalue weighted by atomic mass is 10.0. The zero-order valence-electron chi connectivity index (χ0n) is 18.7. The molecule has 1 amide bonds. The number of ether oxygens (including phenoxy) is 1. The topological polar surface area (TPSA) is 97.5 Å². The normalized spacial score (nSPS) is 16.2. The molecule has 0 radical (unpaired) electrons. The molecule has 0 bridgehead atoms. The maximum absolute atomic E-state index is 13.4. The van der Waals surface area contributed by atoms with Gasteiger partial charge in [0.2, 0.25) is 5.95 Å². The molecule has 1 aliphatic heterocycles. The molecule has 9 heteroatoms. The molecule has 5 rings (SSSR count). The summed E-state index contributed by atoms with van der Waals surface area (Å²) in [6.07, 6.45) is 6.24. The van der Waals surface area contributed by atoms with Crippen molar-refractivity contribution >= 4 is 22.8 Å². The molecule has 0 spiro atoms. The van der Waals surface area contributed by atoms with Crippen LogP contribution in [0.25, 0.3) is 22.1 Å². The summed E-state index contributed by atoms with van der Waals surface area (Å²) in [6, 6.07) is 7.68. The van der Waals surface area contributed by atoms with Gasteiger partial charge in [-0.05, 0) is 13.0 Å². The van der Waals surface area contributed by atoms with Gasteiger partial charge < -0.3 is 19.0 Å². The Balaban J connectivity index is 1.49. The Kier molecular flexibility index (Phi) is 5.47. The molecule has 4 aromatic rings. The highest BCUT2D eigenvalue weighted by atomic mass is 16.5. The third-order valence-electron chi connectivity index (χ3n) is 5.77. The van der Waals surface area contributed by atoms with Crippen LogP contribution in [0.15, 0.2) is 53.6 Å². The molecular formula is C24H24N6O3. The lowest BCUT2D eigenvalue weighted by molar-refractivity contribution is -0.0253. The van der Waals surface area contributed by atoms with Gasteiger partial charge in [0.15, 0.2) is 5.76 Å². The molecule has 1 fully saturated rings. The number of aryl methyl sites for hydroxylation is 1. The summed E-state index contributed by atoms with van der Waals surface area (Å²) in [4.78, 5) is 34.5. The monoisotopic (exact) mass is 444 g/mol. The Morgan fingerprint density at radius 2 is 1.94 bits per heavy atom. The van der Waals surface area contributed by atoms with Crippen LogP contribution >= 0.6 is 0 Å². The van der Waals surface area contributed by atoms with Crippen molar-refractivity contribution < 1.29 is 13.9 Å². The van der Waals surface area contributed by atoms with Crippen molar-refractivity contribution in [2.24, 2.45) is 0 Å². The van der Waals surface area contributed by atoms with Crippen LogP contribution in [0.1, 0.15) is 27.9 Å². The summed E-state index contributed by atoms with van der Waals surface area (Å²) in [5, 5.41) is 0.948. The summed E-state index contributed by atoms with van der Waals surface area (Å²) >= 11 is 0. The average Bonchev–Trinajstić information content (AvgIpc) is 3.20. The lowest BCUT2D eigenvalue weighted by Crippen LogP contribution is -2.42. The second-order valence-corrected chi connectivity index (χ2v) is 8.15. The van der Waals surface area contributed by atoms with Crippen molar-refractivity contribution in [2.45, 2.75) is 13.0 Å². The summed E-state index contributed by atoms with van der Waals surface area (Å²) in [5.41, 5.74) is 3.82. The van der Waals surface area contributed by atoms with E-state index in [0.29, 0.717) is 42.7 Å². The number of carbonyl (C=O) groups excluding carboxylic acids is 1. The average molecular weight is 444 g/mol. The van der Waals surface area contributed by atoms with Crippen LogP contribution in [-0.4, -0.2) is 64.5 Å². The van der Waals surface area contributed by atoms with E-state index in [1.54, 1.807) is 23.5 Å². The molecule has 0 saturated carbocycles. The van der Waals surface area contributed by atoms with Crippen LogP contribution < -0.4 is 4.90 Å². The number of carbonyl (C=O) groups is 1. The van der Waals surface area contributed by atoms with Gasteiger partial charge in [-0.15, -0.1) is 0 Å². The second kappa shape index (κ2) is 8.59. The maximum Gasteiger partial charge on any atom is 0.290 e. The number of rotatable bonds is 4. The molecule has 0 aliphatic carbocycles. The SMILES string of the molecule is Cc1c(C(=O)N2CCO[C@H](c3nc(N(C)C)ncc3-c3cncnc3)C2)oc2ccccc12. The van der Waals surface area contributed by atoms with Crippen LogP contribution in [0, 0.1) is 6.92 Å². The van der Waals surface area contributed by atoms with Gasteiger partial charge in [-0.1, -0.05) is 18.2 Å². The second-order valence-electron chi connectivity index (χ2n) is 8.15. The van der Waals surface area contributed by atoms with E-state index >= 15 is 0 Å². The summed E-state index contributed by atoms with van der Waals surface area (Å²) in [7, 11) is 3.76. The minimum absolute atomic E-state index is 0.150. The Morgan fingerprint density at radius 1 is 1.15 bits per heavy atom. The number of benzene rings is 1. The molecular weight excluding hydrogens is 420 g/mol. The van der Waals surface area contributed by atoms with Gasteiger partial charge in [-0.25, -0.2) is 19.9 Å². The number of hydrogen-bond donors (Lipinski definition) is 0. The van der Waals surface area contributed by atoms with Crippen LogP contribution in [0.2, 0.25) is 0 Å². The predicted molar refractivity (Wildman–Crippen MR) is 123 cm³/mol. The minimum Gasteiger partial charge on any atom is -0.451 e. The van der Waals surface area contributed by atoms with Gasteiger partial charge in [-0.2, -0.15) is 0 Å². The number of amides is 1. The first-order chi connectivity index (χ1) is 16.0. The Hall–Kier alpha value is -3.85. The highest BCUT2D eigenvalue weighted by Crippen LogP contribution is 2.32. The van der Waals surface area contributed by atoms with Crippen LogP contribution in [0.5, 0.6) is 0 Å². The zero-order valence-corrected chi connectivity index (χ0v) is 18.7. The standard InChI is InChI=1S/C24H24N6O3/c1-15-17-6-4-5-7-19(17)33-22(15)23(31)30-8-9-32-20(13-30)21-18(16-10-25-14-26-11-16)12-27-24(28-21)29(2)3/h4-7,10-12,14,20H,8-9,13H2,1-3H3/t20-/m0/s1. The first-order valence-electron chi connectivity index (χ1n) is 10.7. The molecule has 1 aliphatic rings. The van der Waals surface area contributed by atoms with Crippen LogP contribution in [0.3, 0.4) is 0 Å². The van der Waals surface area contributed by atoms with E-state index in [0.717, 1.165) is 22.1 Å². The Labute approximate surface area is 191 Å². The van der Waals surface area contributed by atoms with Gasteiger partial charge >= 0.3 is 0 Å². The van der Waals surface area contributed by atoms with E-state index in [1.807, 2.05) is 50.2 Å². The van der Waals surface area contributed by atoms with E-state index < -0.39 is 6.10 Å². The molecule has 1 saturated heterocycles. The number of nitrogens with zero attached hydrogens (tertiary/aromatic N) is 6. The number of fused-ring (bicyclic) bond motifs is 1. The number of morpholine rings is 1.